The number of nitro groups is 1. The van der Waals surface area contributed by atoms with Crippen LogP contribution < -0.4 is 0 Å². The highest BCUT2D eigenvalue weighted by Gasteiger charge is 2.12. The number of aromatic nitrogens is 2. The van der Waals surface area contributed by atoms with Gasteiger partial charge >= 0.3 is 0 Å². The largest absolute Gasteiger partial charge is 0.326 e. The molecule has 0 aliphatic carbocycles. The van der Waals surface area contributed by atoms with Gasteiger partial charge in [-0.05, 0) is 23.1 Å². The Morgan fingerprint density at radius 1 is 1.38 bits per heavy atom. The number of hydrogen-bond donors (Lipinski definition) is 0. The summed E-state index contributed by atoms with van der Waals surface area (Å²) < 4.78 is 2.75. The van der Waals surface area contributed by atoms with Crippen molar-refractivity contribution in [2.24, 2.45) is 0 Å². The molecule has 3 aromatic rings. The van der Waals surface area contributed by atoms with Gasteiger partial charge in [-0.2, -0.15) is 0 Å². The molecule has 0 radical (unpaired) electrons. The monoisotopic (exact) mass is 363 g/mol. The molecule has 0 unspecified atom stereocenters. The van der Waals surface area contributed by atoms with E-state index in [0.29, 0.717) is 6.54 Å². The van der Waals surface area contributed by atoms with Crippen LogP contribution in [-0.2, 0) is 6.54 Å². The first-order valence-corrected chi connectivity index (χ1v) is 7.80. The molecule has 0 fully saturated rings. The van der Waals surface area contributed by atoms with Crippen LogP contribution in [0.25, 0.3) is 10.7 Å². The molecule has 21 heavy (non-hydrogen) atoms. The molecule has 2 heterocycles. The van der Waals surface area contributed by atoms with Gasteiger partial charge in [0.2, 0.25) is 0 Å². The fourth-order valence-electron chi connectivity index (χ4n) is 2.03. The van der Waals surface area contributed by atoms with Crippen LogP contribution in [0.4, 0.5) is 5.69 Å². The highest BCUT2D eigenvalue weighted by atomic mass is 79.9. The van der Waals surface area contributed by atoms with Crippen LogP contribution in [0.1, 0.15) is 5.56 Å². The van der Waals surface area contributed by atoms with Crippen molar-refractivity contribution in [2.45, 2.75) is 6.54 Å². The second-order valence-electron chi connectivity index (χ2n) is 4.39. The molecule has 2 aromatic heterocycles. The normalized spacial score (nSPS) is 10.7. The molecule has 0 amide bonds. The number of imidazole rings is 1. The number of hydrogen-bond acceptors (Lipinski definition) is 4. The molecule has 7 heteroatoms. The number of non-ortho nitro benzene ring substituents is 1. The van der Waals surface area contributed by atoms with E-state index in [4.69, 9.17) is 0 Å². The smallest absolute Gasteiger partial charge is 0.270 e. The first kappa shape index (κ1) is 14.0. The number of halogens is 1. The van der Waals surface area contributed by atoms with Gasteiger partial charge in [-0.1, -0.05) is 22.0 Å². The van der Waals surface area contributed by atoms with Gasteiger partial charge in [0.05, 0.1) is 16.3 Å². The van der Waals surface area contributed by atoms with Crippen molar-refractivity contribution in [1.29, 1.82) is 0 Å². The Bertz CT molecular complexity index is 783. The van der Waals surface area contributed by atoms with E-state index in [9.17, 15) is 10.1 Å². The molecule has 0 spiro atoms. The van der Waals surface area contributed by atoms with E-state index in [1.165, 1.54) is 12.1 Å². The third-order valence-corrected chi connectivity index (χ3v) is 4.65. The molecule has 106 valence electrons. The van der Waals surface area contributed by atoms with E-state index < -0.39 is 4.92 Å². The average molecular weight is 364 g/mol. The summed E-state index contributed by atoms with van der Waals surface area (Å²) in [4.78, 5) is 15.8. The van der Waals surface area contributed by atoms with Gasteiger partial charge in [0, 0.05) is 29.0 Å². The Morgan fingerprint density at radius 2 is 2.24 bits per heavy atom. The Morgan fingerprint density at radius 3 is 2.90 bits per heavy atom. The van der Waals surface area contributed by atoms with Crippen LogP contribution in [0.3, 0.4) is 0 Å². The quantitative estimate of drug-likeness (QED) is 0.511. The first-order valence-electron chi connectivity index (χ1n) is 6.13. The lowest BCUT2D eigenvalue weighted by Gasteiger charge is -2.08. The minimum atomic E-state index is -0.400. The molecule has 0 atom stereocenters. The van der Waals surface area contributed by atoms with Crippen molar-refractivity contribution in [3.8, 4) is 10.7 Å². The summed E-state index contributed by atoms with van der Waals surface area (Å²) in [5, 5.41) is 12.8. The molecular formula is C14H10BrN3O2S. The van der Waals surface area contributed by atoms with Gasteiger partial charge < -0.3 is 4.57 Å². The highest BCUT2D eigenvalue weighted by Crippen LogP contribution is 2.27. The van der Waals surface area contributed by atoms with Gasteiger partial charge in [-0.3, -0.25) is 10.1 Å². The van der Waals surface area contributed by atoms with Crippen LogP contribution in [0.2, 0.25) is 0 Å². The van der Waals surface area contributed by atoms with E-state index in [0.717, 1.165) is 20.7 Å². The van der Waals surface area contributed by atoms with E-state index in [2.05, 4.69) is 20.9 Å². The van der Waals surface area contributed by atoms with Crippen molar-refractivity contribution < 1.29 is 4.92 Å². The predicted octanol–water partition coefficient (Wildman–Crippen LogP) is 4.33. The molecule has 0 bridgehead atoms. The second kappa shape index (κ2) is 5.79. The molecule has 1 aromatic carbocycles. The van der Waals surface area contributed by atoms with E-state index in [-0.39, 0.29) is 5.69 Å². The van der Waals surface area contributed by atoms with Crippen LogP contribution in [-0.4, -0.2) is 14.5 Å². The fraction of sp³-hybridized carbons (Fsp3) is 0.0714. The number of nitrogens with zero attached hydrogens (tertiary/aromatic N) is 3. The molecule has 5 nitrogen and oxygen atoms in total. The van der Waals surface area contributed by atoms with Gasteiger partial charge in [0.25, 0.3) is 5.69 Å². The fourth-order valence-corrected chi connectivity index (χ4v) is 3.26. The zero-order valence-corrected chi connectivity index (χ0v) is 13.2. The molecule has 0 saturated carbocycles. The topological polar surface area (TPSA) is 61.0 Å². The van der Waals surface area contributed by atoms with Crippen molar-refractivity contribution in [1.82, 2.24) is 9.55 Å². The summed E-state index contributed by atoms with van der Waals surface area (Å²) in [6.07, 6.45) is 3.66. The number of thiophene rings is 1. The van der Waals surface area contributed by atoms with Crippen LogP contribution in [0.5, 0.6) is 0 Å². The second-order valence-corrected chi connectivity index (χ2v) is 6.19. The minimum Gasteiger partial charge on any atom is -0.326 e. The third-order valence-electron chi connectivity index (χ3n) is 3.05. The Labute approximate surface area is 133 Å². The van der Waals surface area contributed by atoms with Gasteiger partial charge in [-0.15, -0.1) is 11.3 Å². The lowest BCUT2D eigenvalue weighted by atomic mass is 10.2. The zero-order valence-electron chi connectivity index (χ0n) is 10.8. The number of rotatable bonds is 4. The third kappa shape index (κ3) is 2.88. The first-order chi connectivity index (χ1) is 10.1. The minimum absolute atomic E-state index is 0.0785. The zero-order chi connectivity index (χ0) is 14.8. The van der Waals surface area contributed by atoms with Gasteiger partial charge in [0.1, 0.15) is 5.82 Å². The Hall–Kier alpha value is -1.99. The van der Waals surface area contributed by atoms with Crippen LogP contribution in [0.15, 0.2) is 52.6 Å². The maximum Gasteiger partial charge on any atom is 0.270 e. The highest BCUT2D eigenvalue weighted by molar-refractivity contribution is 9.10. The van der Waals surface area contributed by atoms with Crippen molar-refractivity contribution >= 4 is 33.0 Å². The lowest BCUT2D eigenvalue weighted by Crippen LogP contribution is -2.01. The summed E-state index contributed by atoms with van der Waals surface area (Å²) in [7, 11) is 0. The number of nitro benzene ring substituents is 1. The lowest BCUT2D eigenvalue weighted by molar-refractivity contribution is -0.384. The van der Waals surface area contributed by atoms with Crippen LogP contribution in [0, 0.1) is 10.1 Å². The van der Waals surface area contributed by atoms with Gasteiger partial charge in [0.15, 0.2) is 0 Å². The van der Waals surface area contributed by atoms with Crippen LogP contribution >= 0.6 is 27.3 Å². The van der Waals surface area contributed by atoms with Crippen molar-refractivity contribution in [2.75, 3.05) is 0 Å². The molecular weight excluding hydrogens is 354 g/mol. The molecule has 0 aliphatic rings. The van der Waals surface area contributed by atoms with E-state index >= 15 is 0 Å². The Kier molecular flexibility index (Phi) is 3.85. The maximum absolute atomic E-state index is 10.8. The SMILES string of the molecule is O=[N+]([O-])c1ccc(Cn2ccnc2-c2cccs2)c(Br)c1. The Balaban J connectivity index is 1.91. The molecule has 0 saturated heterocycles. The molecule has 0 aliphatic heterocycles. The maximum atomic E-state index is 10.8. The summed E-state index contributed by atoms with van der Waals surface area (Å²) in [6.45, 7) is 0.603. The summed E-state index contributed by atoms with van der Waals surface area (Å²) in [5.74, 6) is 0.898. The van der Waals surface area contributed by atoms with Gasteiger partial charge in [-0.25, -0.2) is 4.98 Å². The molecule has 3 rings (SSSR count). The summed E-state index contributed by atoms with van der Waals surface area (Å²) in [5.41, 5.74) is 1.05. The predicted molar refractivity (Wildman–Crippen MR) is 85.4 cm³/mol. The van der Waals surface area contributed by atoms with E-state index in [1.54, 1.807) is 23.6 Å². The van der Waals surface area contributed by atoms with Crippen molar-refractivity contribution in [3.05, 3.63) is 68.3 Å². The average Bonchev–Trinajstić information content (AvgIpc) is 3.11. The van der Waals surface area contributed by atoms with E-state index in [1.807, 2.05) is 28.3 Å². The summed E-state index contributed by atoms with van der Waals surface area (Å²) >= 11 is 5.03. The number of benzene rings is 1. The standard InChI is InChI=1S/C14H10BrN3O2S/c15-12-8-11(18(19)20)4-3-10(12)9-17-6-5-16-14(17)13-2-1-7-21-13/h1-8H,9H2. The molecule has 0 N–H and O–H groups in total. The van der Waals surface area contributed by atoms with Crippen molar-refractivity contribution in [3.63, 3.8) is 0 Å². The summed E-state index contributed by atoms with van der Waals surface area (Å²) in [6, 6.07) is 8.81.